The smallest absolute Gasteiger partial charge is 0.0198 e. The molecule has 0 saturated carbocycles. The van der Waals surface area contributed by atoms with Crippen LogP contribution in [0.3, 0.4) is 0 Å². The second-order valence-electron chi connectivity index (χ2n) is 0.604. The van der Waals surface area contributed by atoms with Crippen molar-refractivity contribution in [3.8, 4) is 11.8 Å². The van der Waals surface area contributed by atoms with Gasteiger partial charge in [0.05, 0.1) is 0 Å². The maximum Gasteiger partial charge on any atom is 0.0198 e. The number of hydrogen-bond donors (Lipinski definition) is 0. The molecule has 0 spiro atoms. The molecular weight excluding hydrogens is 60.1 g/mol. The van der Waals surface area contributed by atoms with Crippen LogP contribution in [0.4, 0.5) is 0 Å². The van der Waals surface area contributed by atoms with Crippen LogP contribution in [0.1, 0.15) is 6.42 Å². The molecule has 0 bridgehead atoms. The Kier molecular flexibility index (Phi) is 3.25. The summed E-state index contributed by atoms with van der Waals surface area (Å²) in [6, 6.07) is 0. The molecular formula is C5H6. The Labute approximate surface area is 33.2 Å². The highest BCUT2D eigenvalue weighted by molar-refractivity contribution is 5.01. The van der Waals surface area contributed by atoms with Crippen molar-refractivity contribution in [3.05, 3.63) is 13.8 Å². The van der Waals surface area contributed by atoms with Crippen molar-refractivity contribution in [3.63, 3.8) is 0 Å². The minimum Gasteiger partial charge on any atom is -0.103 e. The molecule has 0 amide bonds. The number of hydrogen-bond acceptors (Lipinski definition) is 0. The molecule has 0 aromatic heterocycles. The van der Waals surface area contributed by atoms with Crippen LogP contribution < -0.4 is 0 Å². The van der Waals surface area contributed by atoms with E-state index in [1.807, 2.05) is 0 Å². The van der Waals surface area contributed by atoms with Crippen LogP contribution in [0.2, 0.25) is 0 Å². The Morgan fingerprint density at radius 3 is 2.20 bits per heavy atom. The van der Waals surface area contributed by atoms with Crippen LogP contribution in [0, 0.1) is 25.7 Å². The maximum atomic E-state index is 3.46. The fraction of sp³-hybridized carbons (Fsp3) is 0.200. The van der Waals surface area contributed by atoms with E-state index >= 15 is 0 Å². The van der Waals surface area contributed by atoms with Gasteiger partial charge in [-0.2, -0.15) is 0 Å². The van der Waals surface area contributed by atoms with Gasteiger partial charge in [-0.15, -0.1) is 11.8 Å². The molecule has 0 rings (SSSR count). The van der Waals surface area contributed by atoms with Gasteiger partial charge in [-0.1, -0.05) is 0 Å². The van der Waals surface area contributed by atoms with E-state index in [0.29, 0.717) is 6.42 Å². The van der Waals surface area contributed by atoms with Gasteiger partial charge >= 0.3 is 0 Å². The van der Waals surface area contributed by atoms with Gasteiger partial charge in [0.15, 0.2) is 0 Å². The van der Waals surface area contributed by atoms with E-state index in [0.717, 1.165) is 0 Å². The molecule has 0 unspecified atom stereocenters. The highest BCUT2D eigenvalue weighted by Gasteiger charge is 1.49. The van der Waals surface area contributed by atoms with Crippen LogP contribution in [-0.4, -0.2) is 0 Å². The summed E-state index contributed by atoms with van der Waals surface area (Å²) in [6.07, 6.45) is 0.670. The molecule has 2 radical (unpaired) electrons. The molecule has 0 aromatic carbocycles. The third-order valence-electron chi connectivity index (χ3n) is 0.250. The molecule has 0 nitrogen and oxygen atoms in total. The lowest BCUT2D eigenvalue weighted by atomic mass is 10.5. The van der Waals surface area contributed by atoms with E-state index in [4.69, 9.17) is 0 Å². The van der Waals surface area contributed by atoms with Gasteiger partial charge in [0.2, 0.25) is 0 Å². The fourth-order valence-electron chi connectivity index (χ4n) is 0.0884. The highest BCUT2D eigenvalue weighted by Crippen LogP contribution is 1.60. The van der Waals surface area contributed by atoms with Gasteiger partial charge in [-0.05, 0) is 6.92 Å². The van der Waals surface area contributed by atoms with Gasteiger partial charge in [0.1, 0.15) is 0 Å². The van der Waals surface area contributed by atoms with Crippen LogP contribution >= 0.6 is 0 Å². The van der Waals surface area contributed by atoms with Crippen LogP contribution in [0.5, 0.6) is 0 Å². The van der Waals surface area contributed by atoms with E-state index in [1.165, 1.54) is 0 Å². The molecule has 0 aliphatic heterocycles. The molecule has 0 aliphatic carbocycles. The summed E-state index contributed by atoms with van der Waals surface area (Å²) in [7, 11) is 0. The van der Waals surface area contributed by atoms with Crippen molar-refractivity contribution in [2.75, 3.05) is 0 Å². The zero-order valence-corrected chi connectivity index (χ0v) is 3.12. The monoisotopic (exact) mass is 66.0 g/mol. The minimum atomic E-state index is 0.670. The molecule has 0 heterocycles. The molecule has 0 atom stereocenters. The molecule has 5 heavy (non-hydrogen) atoms. The Hall–Kier alpha value is -0.440. The molecule has 0 aliphatic rings. The third-order valence-corrected chi connectivity index (χ3v) is 0.250. The largest absolute Gasteiger partial charge is 0.103 e. The number of rotatable bonds is 0. The van der Waals surface area contributed by atoms with Crippen LogP contribution in [0.15, 0.2) is 0 Å². The summed E-state index contributed by atoms with van der Waals surface area (Å²) >= 11 is 0. The Balaban J connectivity index is 2.81. The summed E-state index contributed by atoms with van der Waals surface area (Å²) in [5, 5.41) is 0. The van der Waals surface area contributed by atoms with E-state index < -0.39 is 0 Å². The predicted molar refractivity (Wildman–Crippen MR) is 23.1 cm³/mol. The lowest BCUT2D eigenvalue weighted by Crippen LogP contribution is -1.46. The Bertz CT molecular complexity index is 52.2. The van der Waals surface area contributed by atoms with Gasteiger partial charge in [0.25, 0.3) is 0 Å². The second-order valence-corrected chi connectivity index (χ2v) is 0.604. The van der Waals surface area contributed by atoms with Crippen LogP contribution in [-0.2, 0) is 0 Å². The lowest BCUT2D eigenvalue weighted by molar-refractivity contribution is 1.48. The van der Waals surface area contributed by atoms with E-state index in [1.54, 1.807) is 0 Å². The highest BCUT2D eigenvalue weighted by atomic mass is 13.5. The zero-order valence-electron chi connectivity index (χ0n) is 3.12. The van der Waals surface area contributed by atoms with Gasteiger partial charge in [-0.25, -0.2) is 0 Å². The van der Waals surface area contributed by atoms with E-state index in [-0.39, 0.29) is 0 Å². The molecule has 0 N–H and O–H groups in total. The SMILES string of the molecule is [CH2]C#CC[CH2]. The predicted octanol–water partition coefficient (Wildman–Crippen LogP) is 1.05. The second kappa shape index (κ2) is 3.56. The summed E-state index contributed by atoms with van der Waals surface area (Å²) in [5.74, 6) is 5.09. The first kappa shape index (κ1) is 4.56. The van der Waals surface area contributed by atoms with E-state index in [9.17, 15) is 0 Å². The van der Waals surface area contributed by atoms with Gasteiger partial charge in [0, 0.05) is 13.3 Å². The van der Waals surface area contributed by atoms with Crippen molar-refractivity contribution in [2.45, 2.75) is 6.42 Å². The van der Waals surface area contributed by atoms with Crippen molar-refractivity contribution >= 4 is 0 Å². The standard InChI is InChI=1S/C5H6/c1-3-5-4-2/h1-3H2. The summed E-state index contributed by atoms with van der Waals surface area (Å²) in [6.45, 7) is 6.74. The van der Waals surface area contributed by atoms with Crippen molar-refractivity contribution < 1.29 is 0 Å². The first-order chi connectivity index (χ1) is 2.41. The van der Waals surface area contributed by atoms with Gasteiger partial charge < -0.3 is 0 Å². The Morgan fingerprint density at radius 2 is 2.20 bits per heavy atom. The summed E-state index contributed by atoms with van der Waals surface area (Å²) < 4.78 is 0. The molecule has 26 valence electrons. The van der Waals surface area contributed by atoms with Crippen molar-refractivity contribution in [1.82, 2.24) is 0 Å². The minimum absolute atomic E-state index is 0.670. The normalized spacial score (nSPS) is 5.20. The zero-order chi connectivity index (χ0) is 4.12. The molecule has 0 fully saturated rings. The van der Waals surface area contributed by atoms with E-state index in [2.05, 4.69) is 25.7 Å². The first-order valence-electron chi connectivity index (χ1n) is 1.46. The first-order valence-corrected chi connectivity index (χ1v) is 1.46. The summed E-state index contributed by atoms with van der Waals surface area (Å²) in [4.78, 5) is 0. The van der Waals surface area contributed by atoms with Gasteiger partial charge in [-0.3, -0.25) is 0 Å². The summed E-state index contributed by atoms with van der Waals surface area (Å²) in [5.41, 5.74) is 0. The quantitative estimate of drug-likeness (QED) is 0.371. The molecule has 0 heteroatoms. The average molecular weight is 66.1 g/mol. The third kappa shape index (κ3) is 3.56. The average Bonchev–Trinajstić information content (AvgIpc) is 1.41. The molecule has 0 aromatic rings. The van der Waals surface area contributed by atoms with Crippen molar-refractivity contribution in [2.24, 2.45) is 0 Å². The maximum absolute atomic E-state index is 3.46. The van der Waals surface area contributed by atoms with Crippen molar-refractivity contribution in [1.29, 1.82) is 0 Å². The van der Waals surface area contributed by atoms with Crippen LogP contribution in [0.25, 0.3) is 0 Å². The fourth-order valence-corrected chi connectivity index (χ4v) is 0.0884. The molecule has 0 saturated heterocycles. The topological polar surface area (TPSA) is 0 Å². The Morgan fingerprint density at radius 1 is 1.60 bits per heavy atom. The lowest BCUT2D eigenvalue weighted by Gasteiger charge is -1.57.